The molecule has 3 heterocycles. The number of amides is 3. The van der Waals surface area contributed by atoms with Crippen LogP contribution in [0.5, 0.6) is 0 Å². The van der Waals surface area contributed by atoms with Gasteiger partial charge in [0, 0.05) is 27.7 Å². The molecule has 7 nitrogen and oxygen atoms in total. The number of hydrogen-bond donors (Lipinski definition) is 2. The summed E-state index contributed by atoms with van der Waals surface area (Å²) in [5.74, 6) is -0.582. The van der Waals surface area contributed by atoms with Gasteiger partial charge in [-0.1, -0.05) is 0 Å². The van der Waals surface area contributed by atoms with E-state index in [4.69, 9.17) is 0 Å². The highest BCUT2D eigenvalue weighted by Gasteiger charge is 2.16. The second-order valence-electron chi connectivity index (χ2n) is 5.04. The minimum atomic E-state index is -0.618. The van der Waals surface area contributed by atoms with E-state index in [1.165, 1.54) is 29.3 Å². The van der Waals surface area contributed by atoms with Gasteiger partial charge < -0.3 is 5.32 Å². The molecule has 9 heteroatoms. The van der Waals surface area contributed by atoms with E-state index in [9.17, 15) is 14.4 Å². The Balaban J connectivity index is 2.00. The number of thiophene rings is 2. The first-order chi connectivity index (χ1) is 11.5. The first-order valence-electron chi connectivity index (χ1n) is 7.04. The monoisotopic (exact) mass is 362 g/mol. The Morgan fingerprint density at radius 1 is 1.33 bits per heavy atom. The number of rotatable bonds is 3. The van der Waals surface area contributed by atoms with Crippen molar-refractivity contribution in [1.29, 1.82) is 0 Å². The molecule has 3 amide bonds. The van der Waals surface area contributed by atoms with Crippen LogP contribution in [0.3, 0.4) is 0 Å². The molecule has 0 atom stereocenters. The smallest absolute Gasteiger partial charge is 0.321 e. The predicted molar refractivity (Wildman–Crippen MR) is 94.5 cm³/mol. The summed E-state index contributed by atoms with van der Waals surface area (Å²) in [6.45, 7) is 1.73. The van der Waals surface area contributed by atoms with Gasteiger partial charge in [0.1, 0.15) is 11.4 Å². The Hall–Kier alpha value is -2.52. The number of aryl methyl sites for hydroxylation is 1. The number of aromatic nitrogens is 2. The fourth-order valence-electron chi connectivity index (χ4n) is 2.22. The Bertz CT molecular complexity index is 986. The lowest BCUT2D eigenvalue weighted by Crippen LogP contribution is -2.40. The van der Waals surface area contributed by atoms with Crippen molar-refractivity contribution in [2.24, 2.45) is 0 Å². The van der Waals surface area contributed by atoms with Crippen LogP contribution >= 0.6 is 22.7 Å². The van der Waals surface area contributed by atoms with Gasteiger partial charge in [0.2, 0.25) is 5.91 Å². The maximum atomic E-state index is 12.7. The topological polar surface area (TPSA) is 93.1 Å². The first-order valence-corrected chi connectivity index (χ1v) is 8.74. The molecule has 0 saturated heterocycles. The summed E-state index contributed by atoms with van der Waals surface area (Å²) < 4.78 is 1.21. The fraction of sp³-hybridized carbons (Fsp3) is 0.200. The average molecular weight is 362 g/mol. The highest BCUT2D eigenvalue weighted by Crippen LogP contribution is 2.34. The lowest BCUT2D eigenvalue weighted by molar-refractivity contribution is -0.120. The molecule has 0 radical (unpaired) electrons. The van der Waals surface area contributed by atoms with E-state index in [-0.39, 0.29) is 12.1 Å². The molecule has 0 saturated carbocycles. The van der Waals surface area contributed by atoms with E-state index in [2.05, 4.69) is 15.6 Å². The maximum Gasteiger partial charge on any atom is 0.321 e. The summed E-state index contributed by atoms with van der Waals surface area (Å²) >= 11 is 2.99. The van der Waals surface area contributed by atoms with Crippen molar-refractivity contribution in [3.63, 3.8) is 0 Å². The van der Waals surface area contributed by atoms with Crippen LogP contribution < -0.4 is 16.2 Å². The highest BCUT2D eigenvalue weighted by molar-refractivity contribution is 7.19. The molecule has 0 bridgehead atoms. The summed E-state index contributed by atoms with van der Waals surface area (Å²) in [6.07, 6.45) is 1.33. The molecule has 0 unspecified atom stereocenters. The Kier molecular flexibility index (Phi) is 4.45. The average Bonchev–Trinajstić information content (AvgIpc) is 3.16. The van der Waals surface area contributed by atoms with Crippen LogP contribution in [0, 0.1) is 6.92 Å². The van der Waals surface area contributed by atoms with Gasteiger partial charge in [-0.05, 0) is 19.1 Å². The van der Waals surface area contributed by atoms with Crippen molar-refractivity contribution in [2.45, 2.75) is 13.5 Å². The first kappa shape index (κ1) is 16.3. The van der Waals surface area contributed by atoms with Crippen molar-refractivity contribution < 1.29 is 9.59 Å². The molecule has 124 valence electrons. The summed E-state index contributed by atoms with van der Waals surface area (Å²) in [6, 6.07) is 3.35. The summed E-state index contributed by atoms with van der Waals surface area (Å²) in [5, 5.41) is 6.81. The molecule has 0 fully saturated rings. The quantitative estimate of drug-likeness (QED) is 0.745. The molecule has 3 aromatic rings. The van der Waals surface area contributed by atoms with E-state index < -0.39 is 11.9 Å². The summed E-state index contributed by atoms with van der Waals surface area (Å²) in [7, 11) is 1.41. The molecule has 0 aliphatic heterocycles. The van der Waals surface area contributed by atoms with Crippen molar-refractivity contribution in [3.05, 3.63) is 39.1 Å². The van der Waals surface area contributed by atoms with Gasteiger partial charge in [-0.3, -0.25) is 19.5 Å². The van der Waals surface area contributed by atoms with Gasteiger partial charge in [-0.2, -0.15) is 0 Å². The molecule has 3 rings (SSSR count). The molecule has 0 aliphatic rings. The van der Waals surface area contributed by atoms with Crippen LogP contribution in [0.2, 0.25) is 0 Å². The molecular weight excluding hydrogens is 348 g/mol. The predicted octanol–water partition coefficient (Wildman–Crippen LogP) is 1.95. The van der Waals surface area contributed by atoms with Crippen LogP contribution in [0.1, 0.15) is 4.88 Å². The molecule has 0 aromatic carbocycles. The van der Waals surface area contributed by atoms with Gasteiger partial charge in [0.05, 0.1) is 11.7 Å². The van der Waals surface area contributed by atoms with Crippen molar-refractivity contribution in [3.8, 4) is 10.4 Å². The lowest BCUT2D eigenvalue weighted by atomic mass is 10.2. The number of imide groups is 1. The zero-order valence-electron chi connectivity index (χ0n) is 13.0. The number of hydrogen-bond acceptors (Lipinski definition) is 6. The van der Waals surface area contributed by atoms with Crippen molar-refractivity contribution in [2.75, 3.05) is 7.05 Å². The maximum absolute atomic E-state index is 12.7. The fourth-order valence-corrected chi connectivity index (χ4v) is 4.09. The molecule has 2 N–H and O–H groups in total. The van der Waals surface area contributed by atoms with E-state index >= 15 is 0 Å². The molecule has 0 spiro atoms. The van der Waals surface area contributed by atoms with E-state index in [0.29, 0.717) is 10.2 Å². The molecule has 3 aromatic heterocycles. The van der Waals surface area contributed by atoms with Crippen LogP contribution in [-0.2, 0) is 11.3 Å². The second-order valence-corrected chi connectivity index (χ2v) is 7.19. The molecule has 24 heavy (non-hydrogen) atoms. The van der Waals surface area contributed by atoms with Gasteiger partial charge in [0.25, 0.3) is 5.56 Å². The largest absolute Gasteiger partial charge is 0.341 e. The second kappa shape index (κ2) is 6.54. The SMILES string of the molecule is CNC(=O)NC(=O)Cn1cnc2scc(-c3ccc(C)s3)c2c1=O. The number of carbonyl (C=O) groups is 2. The summed E-state index contributed by atoms with van der Waals surface area (Å²) in [5.41, 5.74) is 0.529. The van der Waals surface area contributed by atoms with E-state index in [1.54, 1.807) is 11.3 Å². The minimum absolute atomic E-state index is 0.270. The Morgan fingerprint density at radius 2 is 2.12 bits per heavy atom. The zero-order valence-corrected chi connectivity index (χ0v) is 14.6. The van der Waals surface area contributed by atoms with Crippen LogP contribution in [-0.4, -0.2) is 28.5 Å². The van der Waals surface area contributed by atoms with E-state index in [1.807, 2.05) is 24.4 Å². The third-order valence-electron chi connectivity index (χ3n) is 3.36. The highest BCUT2D eigenvalue weighted by atomic mass is 32.1. The normalized spacial score (nSPS) is 10.8. The van der Waals surface area contributed by atoms with Crippen molar-refractivity contribution >= 4 is 44.8 Å². The van der Waals surface area contributed by atoms with Gasteiger partial charge >= 0.3 is 6.03 Å². The number of fused-ring (bicyclic) bond motifs is 1. The van der Waals surface area contributed by atoms with Gasteiger partial charge in [-0.15, -0.1) is 22.7 Å². The van der Waals surface area contributed by atoms with Gasteiger partial charge in [0.15, 0.2) is 0 Å². The standard InChI is InChI=1S/C15H14N4O3S2/c1-8-3-4-10(24-8)9-6-23-13-12(9)14(21)19(7-17-13)5-11(20)18-15(22)16-2/h3-4,6-7H,5H2,1-2H3,(H2,16,18,20,22). The van der Waals surface area contributed by atoms with Crippen molar-refractivity contribution in [1.82, 2.24) is 20.2 Å². The number of nitrogens with zero attached hydrogens (tertiary/aromatic N) is 2. The lowest BCUT2D eigenvalue weighted by Gasteiger charge is -2.06. The molecule has 0 aliphatic carbocycles. The van der Waals surface area contributed by atoms with Crippen LogP contribution in [0.25, 0.3) is 20.7 Å². The van der Waals surface area contributed by atoms with Crippen LogP contribution in [0.4, 0.5) is 4.79 Å². The van der Waals surface area contributed by atoms with Crippen LogP contribution in [0.15, 0.2) is 28.6 Å². The Labute approximate surface area is 145 Å². The third kappa shape index (κ3) is 3.08. The Morgan fingerprint density at radius 3 is 2.79 bits per heavy atom. The number of nitrogens with one attached hydrogen (secondary N) is 2. The molecular formula is C15H14N4O3S2. The number of urea groups is 1. The number of carbonyl (C=O) groups excluding carboxylic acids is 2. The minimum Gasteiger partial charge on any atom is -0.341 e. The third-order valence-corrected chi connectivity index (χ3v) is 5.28. The van der Waals surface area contributed by atoms with Gasteiger partial charge in [-0.25, -0.2) is 9.78 Å². The zero-order chi connectivity index (χ0) is 17.3. The summed E-state index contributed by atoms with van der Waals surface area (Å²) in [4.78, 5) is 42.7. The van der Waals surface area contributed by atoms with E-state index in [0.717, 1.165) is 15.3 Å².